The van der Waals surface area contributed by atoms with Gasteiger partial charge in [-0.1, -0.05) is 6.07 Å². The lowest BCUT2D eigenvalue weighted by Gasteiger charge is -2.31. The molecule has 0 aliphatic carbocycles. The Morgan fingerprint density at radius 2 is 2.11 bits per heavy atom. The van der Waals surface area contributed by atoms with E-state index in [1.165, 1.54) is 6.07 Å². The minimum Gasteiger partial charge on any atom is -0.309 e. The maximum Gasteiger partial charge on any atom is 0.242 e. The molecule has 1 aromatic carbocycles. The zero-order valence-electron chi connectivity index (χ0n) is 15.2. The smallest absolute Gasteiger partial charge is 0.242 e. The summed E-state index contributed by atoms with van der Waals surface area (Å²) in [6.07, 6.45) is 2.31. The van der Waals surface area contributed by atoms with E-state index in [1.807, 2.05) is 11.8 Å². The summed E-state index contributed by atoms with van der Waals surface area (Å²) in [5.74, 6) is -1.46. The Morgan fingerprint density at radius 3 is 2.86 bits per heavy atom. The monoisotopic (exact) mass is 383 g/mol. The van der Waals surface area contributed by atoms with E-state index < -0.39 is 11.6 Å². The lowest BCUT2D eigenvalue weighted by atomic mass is 9.99. The number of rotatable bonds is 4. The van der Waals surface area contributed by atoms with Crippen LogP contribution in [0.5, 0.6) is 0 Å². The molecule has 1 amide bonds. The summed E-state index contributed by atoms with van der Waals surface area (Å²) >= 11 is 0. The van der Waals surface area contributed by atoms with Gasteiger partial charge in [0.1, 0.15) is 5.82 Å². The van der Waals surface area contributed by atoms with Crippen LogP contribution in [0.2, 0.25) is 0 Å². The molecule has 144 valence electrons. The first-order chi connectivity index (χ1) is 13.5. The molecule has 0 fully saturated rings. The lowest BCUT2D eigenvalue weighted by Crippen LogP contribution is -2.44. The maximum atomic E-state index is 13.6. The van der Waals surface area contributed by atoms with Gasteiger partial charge in [0.2, 0.25) is 5.91 Å². The molecular weight excluding hydrogens is 364 g/mol. The highest BCUT2D eigenvalue weighted by Crippen LogP contribution is 2.30. The van der Waals surface area contributed by atoms with Gasteiger partial charge in [-0.15, -0.1) is 0 Å². The average molecular weight is 383 g/mol. The molecule has 0 radical (unpaired) electrons. The normalized spacial score (nSPS) is 15.1. The molecule has 0 spiro atoms. The molecule has 1 unspecified atom stereocenters. The molecule has 2 aromatic heterocycles. The number of aromatic amines is 1. The Balaban J connectivity index is 1.53. The SMILES string of the molecule is CC(C(=O)Nc1ccccn1)N1CCc2[nH]nc(-c3ccc(F)c(F)c3)c2C1. The van der Waals surface area contributed by atoms with Crippen molar-refractivity contribution in [1.29, 1.82) is 0 Å². The number of nitrogens with one attached hydrogen (secondary N) is 2. The number of anilines is 1. The zero-order valence-corrected chi connectivity index (χ0v) is 15.2. The first kappa shape index (κ1) is 18.2. The summed E-state index contributed by atoms with van der Waals surface area (Å²) in [7, 11) is 0. The molecule has 6 nitrogen and oxygen atoms in total. The van der Waals surface area contributed by atoms with Crippen molar-refractivity contribution in [3.8, 4) is 11.3 Å². The van der Waals surface area contributed by atoms with Gasteiger partial charge in [-0.2, -0.15) is 5.10 Å². The van der Waals surface area contributed by atoms with Crippen molar-refractivity contribution >= 4 is 11.7 Å². The van der Waals surface area contributed by atoms with Crippen LogP contribution in [0.15, 0.2) is 42.6 Å². The summed E-state index contributed by atoms with van der Waals surface area (Å²) in [5.41, 5.74) is 2.93. The molecule has 0 bridgehead atoms. The molecule has 28 heavy (non-hydrogen) atoms. The average Bonchev–Trinajstić information content (AvgIpc) is 3.13. The second-order valence-electron chi connectivity index (χ2n) is 6.76. The van der Waals surface area contributed by atoms with Crippen LogP contribution >= 0.6 is 0 Å². The van der Waals surface area contributed by atoms with Crippen molar-refractivity contribution in [3.63, 3.8) is 0 Å². The van der Waals surface area contributed by atoms with E-state index in [0.29, 0.717) is 36.6 Å². The number of pyridine rings is 1. The summed E-state index contributed by atoms with van der Waals surface area (Å²) in [4.78, 5) is 18.7. The van der Waals surface area contributed by atoms with E-state index in [-0.39, 0.29) is 11.9 Å². The van der Waals surface area contributed by atoms with Crippen LogP contribution in [0.3, 0.4) is 0 Å². The molecule has 3 heterocycles. The number of amides is 1. The fourth-order valence-electron chi connectivity index (χ4n) is 3.36. The zero-order chi connectivity index (χ0) is 19.7. The number of halogens is 2. The number of H-pyrrole nitrogens is 1. The molecule has 2 N–H and O–H groups in total. The number of carbonyl (C=O) groups is 1. The number of carbonyl (C=O) groups excluding carboxylic acids is 1. The predicted octanol–water partition coefficient (Wildman–Crippen LogP) is 3.14. The highest BCUT2D eigenvalue weighted by Gasteiger charge is 2.29. The molecule has 4 rings (SSSR count). The first-order valence-corrected chi connectivity index (χ1v) is 9.00. The van der Waals surface area contributed by atoms with Crippen molar-refractivity contribution in [2.75, 3.05) is 11.9 Å². The van der Waals surface area contributed by atoms with E-state index in [4.69, 9.17) is 0 Å². The van der Waals surface area contributed by atoms with Gasteiger partial charge in [-0.3, -0.25) is 14.8 Å². The number of benzene rings is 1. The first-order valence-electron chi connectivity index (χ1n) is 9.00. The third-order valence-corrected chi connectivity index (χ3v) is 5.00. The maximum absolute atomic E-state index is 13.6. The number of fused-ring (bicyclic) bond motifs is 1. The van der Waals surface area contributed by atoms with Crippen LogP contribution in [0, 0.1) is 11.6 Å². The Morgan fingerprint density at radius 1 is 1.25 bits per heavy atom. The fraction of sp³-hybridized carbons (Fsp3) is 0.250. The van der Waals surface area contributed by atoms with Gasteiger partial charge in [0.25, 0.3) is 0 Å². The summed E-state index contributed by atoms with van der Waals surface area (Å²) in [6.45, 7) is 3.00. The second kappa shape index (κ2) is 7.47. The van der Waals surface area contributed by atoms with Crippen LogP contribution in [-0.4, -0.2) is 38.6 Å². The van der Waals surface area contributed by atoms with Crippen LogP contribution in [-0.2, 0) is 17.8 Å². The van der Waals surface area contributed by atoms with Gasteiger partial charge < -0.3 is 5.32 Å². The van der Waals surface area contributed by atoms with E-state index >= 15 is 0 Å². The van der Waals surface area contributed by atoms with Crippen molar-refractivity contribution in [3.05, 3.63) is 65.5 Å². The van der Waals surface area contributed by atoms with E-state index in [1.54, 1.807) is 24.4 Å². The van der Waals surface area contributed by atoms with Gasteiger partial charge in [0, 0.05) is 42.5 Å². The second-order valence-corrected chi connectivity index (χ2v) is 6.76. The number of nitrogens with zero attached hydrogens (tertiary/aromatic N) is 3. The quantitative estimate of drug-likeness (QED) is 0.726. The predicted molar refractivity (Wildman–Crippen MR) is 100 cm³/mol. The molecular formula is C20H19F2N5O. The number of hydrogen-bond donors (Lipinski definition) is 2. The Kier molecular flexibility index (Phi) is 4.87. The van der Waals surface area contributed by atoms with Crippen LogP contribution < -0.4 is 5.32 Å². The van der Waals surface area contributed by atoms with E-state index in [9.17, 15) is 13.6 Å². The highest BCUT2D eigenvalue weighted by atomic mass is 19.2. The third-order valence-electron chi connectivity index (χ3n) is 5.00. The van der Waals surface area contributed by atoms with Gasteiger partial charge in [0.15, 0.2) is 11.6 Å². The van der Waals surface area contributed by atoms with Gasteiger partial charge >= 0.3 is 0 Å². The van der Waals surface area contributed by atoms with Crippen molar-refractivity contribution < 1.29 is 13.6 Å². The van der Waals surface area contributed by atoms with E-state index in [0.717, 1.165) is 23.4 Å². The largest absolute Gasteiger partial charge is 0.309 e. The van der Waals surface area contributed by atoms with Crippen molar-refractivity contribution in [2.24, 2.45) is 0 Å². The molecule has 8 heteroatoms. The third kappa shape index (κ3) is 3.50. The van der Waals surface area contributed by atoms with Crippen molar-refractivity contribution in [2.45, 2.75) is 25.9 Å². The minimum atomic E-state index is -0.912. The van der Waals surface area contributed by atoms with Crippen molar-refractivity contribution in [1.82, 2.24) is 20.1 Å². The molecule has 1 aliphatic heterocycles. The Hall–Kier alpha value is -3.13. The summed E-state index contributed by atoms with van der Waals surface area (Å²) < 4.78 is 26.9. The summed E-state index contributed by atoms with van der Waals surface area (Å²) in [6, 6.07) is 8.67. The minimum absolute atomic E-state index is 0.153. The highest BCUT2D eigenvalue weighted by molar-refractivity contribution is 5.93. The van der Waals surface area contributed by atoms with Gasteiger partial charge in [-0.05, 0) is 37.3 Å². The Labute approximate surface area is 160 Å². The van der Waals surface area contributed by atoms with Gasteiger partial charge in [0.05, 0.1) is 11.7 Å². The van der Waals surface area contributed by atoms with Crippen LogP contribution in [0.4, 0.5) is 14.6 Å². The van der Waals surface area contributed by atoms with Gasteiger partial charge in [-0.25, -0.2) is 13.8 Å². The summed E-state index contributed by atoms with van der Waals surface area (Å²) in [5, 5.41) is 10.1. The van der Waals surface area contributed by atoms with Crippen LogP contribution in [0.25, 0.3) is 11.3 Å². The van der Waals surface area contributed by atoms with Crippen LogP contribution in [0.1, 0.15) is 18.2 Å². The molecule has 0 saturated carbocycles. The number of aromatic nitrogens is 3. The molecule has 1 aliphatic rings. The molecule has 3 aromatic rings. The van der Waals surface area contributed by atoms with E-state index in [2.05, 4.69) is 20.5 Å². The molecule has 0 saturated heterocycles. The topological polar surface area (TPSA) is 73.9 Å². The lowest BCUT2D eigenvalue weighted by molar-refractivity contribution is -0.121. The fourth-order valence-corrected chi connectivity index (χ4v) is 3.36. The number of hydrogen-bond acceptors (Lipinski definition) is 4. The molecule has 1 atom stereocenters. The Bertz CT molecular complexity index is 1010. The standard InChI is InChI=1S/C20H19F2N5O/c1-12(20(28)24-18-4-2-3-8-23-18)27-9-7-17-14(11-27)19(26-25-17)13-5-6-15(21)16(22)10-13/h2-6,8,10,12H,7,9,11H2,1H3,(H,25,26)(H,23,24,28).